The first-order valence-corrected chi connectivity index (χ1v) is 6.54. The van der Waals surface area contributed by atoms with E-state index in [1.54, 1.807) is 10.9 Å². The molecule has 0 aliphatic heterocycles. The van der Waals surface area contributed by atoms with Crippen molar-refractivity contribution in [3.63, 3.8) is 0 Å². The summed E-state index contributed by atoms with van der Waals surface area (Å²) in [5.74, 6) is -1.04. The monoisotopic (exact) mass is 265 g/mol. The molecule has 1 aromatic heterocycles. The minimum Gasteiger partial charge on any atom is -0.481 e. The van der Waals surface area contributed by atoms with E-state index in [-0.39, 0.29) is 17.7 Å². The van der Waals surface area contributed by atoms with Crippen LogP contribution >= 0.6 is 0 Å². The summed E-state index contributed by atoms with van der Waals surface area (Å²) in [6, 6.07) is 0. The van der Waals surface area contributed by atoms with Crippen LogP contribution in [0.3, 0.4) is 0 Å². The first kappa shape index (κ1) is 13.6. The number of carboxylic acid groups (broad SMARTS) is 1. The number of aromatic nitrogens is 2. The molecule has 0 radical (unpaired) electrons. The Hall–Kier alpha value is -1.85. The number of aryl methyl sites for hydroxylation is 1. The summed E-state index contributed by atoms with van der Waals surface area (Å²) in [6.07, 6.45) is 6.11. The fourth-order valence-electron chi connectivity index (χ4n) is 2.50. The van der Waals surface area contributed by atoms with Crippen molar-refractivity contribution in [1.82, 2.24) is 15.1 Å². The van der Waals surface area contributed by atoms with Crippen molar-refractivity contribution in [1.29, 1.82) is 0 Å². The van der Waals surface area contributed by atoms with E-state index in [0.29, 0.717) is 32.2 Å². The summed E-state index contributed by atoms with van der Waals surface area (Å²) >= 11 is 0. The predicted molar refractivity (Wildman–Crippen MR) is 68.1 cm³/mol. The third-order valence-corrected chi connectivity index (χ3v) is 3.67. The molecule has 1 aliphatic carbocycles. The minimum atomic E-state index is -0.741. The zero-order valence-electron chi connectivity index (χ0n) is 11.0. The second kappa shape index (κ2) is 5.86. The molecule has 1 saturated carbocycles. The lowest BCUT2D eigenvalue weighted by Crippen LogP contribution is -2.34. The van der Waals surface area contributed by atoms with E-state index in [1.807, 2.05) is 13.2 Å². The number of aliphatic carboxylic acids is 1. The van der Waals surface area contributed by atoms with E-state index in [4.69, 9.17) is 5.11 Å². The highest BCUT2D eigenvalue weighted by Gasteiger charge is 2.29. The average molecular weight is 265 g/mol. The lowest BCUT2D eigenvalue weighted by Gasteiger charge is -2.25. The van der Waals surface area contributed by atoms with Gasteiger partial charge < -0.3 is 10.4 Å². The molecular weight excluding hydrogens is 246 g/mol. The minimum absolute atomic E-state index is 0.0210. The molecule has 6 nitrogen and oxygen atoms in total. The highest BCUT2D eigenvalue weighted by Crippen LogP contribution is 2.29. The van der Waals surface area contributed by atoms with E-state index in [1.165, 1.54) is 0 Å². The van der Waals surface area contributed by atoms with Crippen molar-refractivity contribution < 1.29 is 14.7 Å². The predicted octanol–water partition coefficient (Wildman–Crippen LogP) is 0.927. The van der Waals surface area contributed by atoms with Crippen LogP contribution in [0.4, 0.5) is 0 Å². The summed E-state index contributed by atoms with van der Waals surface area (Å²) in [7, 11) is 1.83. The van der Waals surface area contributed by atoms with Gasteiger partial charge in [-0.15, -0.1) is 0 Å². The van der Waals surface area contributed by atoms with Crippen LogP contribution in [0.1, 0.15) is 31.2 Å². The molecule has 2 N–H and O–H groups in total. The maximum atomic E-state index is 12.0. The molecule has 19 heavy (non-hydrogen) atoms. The smallest absolute Gasteiger partial charge is 0.306 e. The van der Waals surface area contributed by atoms with Crippen LogP contribution < -0.4 is 5.32 Å². The summed E-state index contributed by atoms with van der Waals surface area (Å²) in [6.45, 7) is 0.478. The lowest BCUT2D eigenvalue weighted by molar-refractivity contribution is -0.144. The second-order valence-corrected chi connectivity index (χ2v) is 5.13. The standard InChI is InChI=1S/C13H19N3O3/c1-16-8-9(7-15-16)6-14-12(17)10-2-4-11(5-3-10)13(18)19/h7-8,10-11H,2-6H2,1H3,(H,14,17)(H,18,19). The Morgan fingerprint density at radius 2 is 2.00 bits per heavy atom. The van der Waals surface area contributed by atoms with Crippen LogP contribution in [0.2, 0.25) is 0 Å². The van der Waals surface area contributed by atoms with Crippen molar-refractivity contribution in [2.24, 2.45) is 18.9 Å². The van der Waals surface area contributed by atoms with Gasteiger partial charge in [-0.05, 0) is 25.7 Å². The number of carboxylic acids is 1. The SMILES string of the molecule is Cn1cc(CNC(=O)C2CCC(C(=O)O)CC2)cn1. The summed E-state index contributed by atoms with van der Waals surface area (Å²) < 4.78 is 1.69. The van der Waals surface area contributed by atoms with Crippen molar-refractivity contribution in [2.45, 2.75) is 32.2 Å². The van der Waals surface area contributed by atoms with E-state index in [2.05, 4.69) is 10.4 Å². The zero-order valence-corrected chi connectivity index (χ0v) is 11.0. The fourth-order valence-corrected chi connectivity index (χ4v) is 2.50. The highest BCUT2D eigenvalue weighted by atomic mass is 16.4. The van der Waals surface area contributed by atoms with Gasteiger partial charge in [0.2, 0.25) is 5.91 Å². The maximum absolute atomic E-state index is 12.0. The first-order valence-electron chi connectivity index (χ1n) is 6.54. The molecular formula is C13H19N3O3. The van der Waals surface area contributed by atoms with Gasteiger partial charge in [0.15, 0.2) is 0 Å². The van der Waals surface area contributed by atoms with Gasteiger partial charge in [-0.3, -0.25) is 14.3 Å². The molecule has 1 aromatic rings. The Bertz CT molecular complexity index is 461. The van der Waals surface area contributed by atoms with Gasteiger partial charge in [0.25, 0.3) is 0 Å². The quantitative estimate of drug-likeness (QED) is 0.848. The van der Waals surface area contributed by atoms with Crippen LogP contribution in [0.15, 0.2) is 12.4 Å². The number of rotatable bonds is 4. The van der Waals surface area contributed by atoms with Gasteiger partial charge in [-0.1, -0.05) is 0 Å². The molecule has 0 spiro atoms. The van der Waals surface area contributed by atoms with Gasteiger partial charge in [0, 0.05) is 31.3 Å². The average Bonchev–Trinajstić information content (AvgIpc) is 2.82. The third-order valence-electron chi connectivity index (χ3n) is 3.67. The molecule has 0 unspecified atom stereocenters. The Morgan fingerprint density at radius 3 is 2.53 bits per heavy atom. The number of carbonyl (C=O) groups is 2. The Kier molecular flexibility index (Phi) is 4.19. The molecule has 0 atom stereocenters. The molecule has 0 bridgehead atoms. The molecule has 6 heteroatoms. The van der Waals surface area contributed by atoms with Crippen LogP contribution in [0.5, 0.6) is 0 Å². The molecule has 1 fully saturated rings. The number of hydrogen-bond donors (Lipinski definition) is 2. The van der Waals surface area contributed by atoms with Gasteiger partial charge in [-0.25, -0.2) is 0 Å². The van der Waals surface area contributed by atoms with Crippen molar-refractivity contribution >= 4 is 11.9 Å². The molecule has 104 valence electrons. The number of nitrogens with zero attached hydrogens (tertiary/aromatic N) is 2. The Morgan fingerprint density at radius 1 is 1.37 bits per heavy atom. The summed E-state index contributed by atoms with van der Waals surface area (Å²) in [5.41, 5.74) is 0.968. The molecule has 0 aromatic carbocycles. The van der Waals surface area contributed by atoms with E-state index < -0.39 is 5.97 Å². The molecule has 1 heterocycles. The first-order chi connectivity index (χ1) is 9.06. The van der Waals surface area contributed by atoms with Crippen molar-refractivity contribution in [3.8, 4) is 0 Å². The molecule has 1 amide bonds. The summed E-state index contributed by atoms with van der Waals surface area (Å²) in [5, 5.41) is 15.8. The van der Waals surface area contributed by atoms with Gasteiger partial charge in [0.05, 0.1) is 12.1 Å². The normalized spacial score (nSPS) is 23.0. The second-order valence-electron chi connectivity index (χ2n) is 5.13. The highest BCUT2D eigenvalue weighted by molar-refractivity contribution is 5.79. The van der Waals surface area contributed by atoms with Gasteiger partial charge in [-0.2, -0.15) is 5.10 Å². The van der Waals surface area contributed by atoms with Gasteiger partial charge in [0.1, 0.15) is 0 Å². The summed E-state index contributed by atoms with van der Waals surface area (Å²) in [4.78, 5) is 22.8. The Labute approximate surface area is 111 Å². The number of carbonyl (C=O) groups excluding carboxylic acids is 1. The van der Waals surface area contributed by atoms with Crippen molar-refractivity contribution in [3.05, 3.63) is 18.0 Å². The zero-order chi connectivity index (χ0) is 13.8. The third kappa shape index (κ3) is 3.56. The van der Waals surface area contributed by atoms with Crippen LogP contribution in [-0.2, 0) is 23.2 Å². The molecule has 0 saturated heterocycles. The molecule has 2 rings (SSSR count). The molecule has 1 aliphatic rings. The topological polar surface area (TPSA) is 84.2 Å². The van der Waals surface area contributed by atoms with Gasteiger partial charge >= 0.3 is 5.97 Å². The van der Waals surface area contributed by atoms with Crippen LogP contribution in [-0.4, -0.2) is 26.8 Å². The lowest BCUT2D eigenvalue weighted by atomic mass is 9.81. The van der Waals surface area contributed by atoms with E-state index in [0.717, 1.165) is 5.56 Å². The van der Waals surface area contributed by atoms with E-state index in [9.17, 15) is 9.59 Å². The number of amides is 1. The van der Waals surface area contributed by atoms with Crippen molar-refractivity contribution in [2.75, 3.05) is 0 Å². The number of hydrogen-bond acceptors (Lipinski definition) is 3. The Balaban J connectivity index is 1.77. The van der Waals surface area contributed by atoms with Crippen LogP contribution in [0.25, 0.3) is 0 Å². The largest absolute Gasteiger partial charge is 0.481 e. The fraction of sp³-hybridized carbons (Fsp3) is 0.615. The van der Waals surface area contributed by atoms with E-state index >= 15 is 0 Å². The number of nitrogens with one attached hydrogen (secondary N) is 1. The maximum Gasteiger partial charge on any atom is 0.306 e. The van der Waals surface area contributed by atoms with Crippen LogP contribution in [0, 0.1) is 11.8 Å².